The van der Waals surface area contributed by atoms with Crippen LogP contribution in [0.3, 0.4) is 0 Å². The molecule has 0 saturated carbocycles. The van der Waals surface area contributed by atoms with Crippen molar-refractivity contribution >= 4 is 32.5 Å². The number of hydrogen-bond donors (Lipinski definition) is 1. The fourth-order valence-corrected chi connectivity index (χ4v) is 6.42. The van der Waals surface area contributed by atoms with Gasteiger partial charge in [0, 0.05) is 37.4 Å². The summed E-state index contributed by atoms with van der Waals surface area (Å²) in [6, 6.07) is 9.64. The van der Waals surface area contributed by atoms with E-state index >= 15 is 0 Å². The molecule has 1 amide bonds. The highest BCUT2D eigenvalue weighted by atomic mass is 32.2. The molecule has 2 aromatic carbocycles. The molecule has 0 unspecified atom stereocenters. The largest absolute Gasteiger partial charge is 0.328 e. The number of aromatic nitrogens is 2. The van der Waals surface area contributed by atoms with Gasteiger partial charge in [-0.3, -0.25) is 14.2 Å². The van der Waals surface area contributed by atoms with E-state index in [0.29, 0.717) is 54.6 Å². The number of rotatable bonds is 4. The molecule has 178 valence electrons. The lowest BCUT2D eigenvalue weighted by Gasteiger charge is -2.30. The number of carbonyl (C=O) groups is 1. The molecule has 2 aliphatic rings. The summed E-state index contributed by atoms with van der Waals surface area (Å²) in [4.78, 5) is 42.7. The average molecular weight is 483 g/mol. The molecule has 34 heavy (non-hydrogen) atoms. The van der Waals surface area contributed by atoms with E-state index in [9.17, 15) is 22.8 Å². The van der Waals surface area contributed by atoms with E-state index < -0.39 is 21.3 Å². The van der Waals surface area contributed by atoms with Crippen LogP contribution < -0.4 is 16.1 Å². The SMILES string of the molecule is CCn1c(=O)[nH]c2cc(C(=O)N3CCCc4cc(S(=O)(=O)N5CCCC5)ccc43)ccc2c1=O. The van der Waals surface area contributed by atoms with Gasteiger partial charge in [0.2, 0.25) is 10.0 Å². The fraction of sp³-hybridized carbons (Fsp3) is 0.375. The van der Waals surface area contributed by atoms with Gasteiger partial charge in [0.05, 0.1) is 15.8 Å². The van der Waals surface area contributed by atoms with Crippen LogP contribution in [-0.2, 0) is 23.0 Å². The van der Waals surface area contributed by atoms with Gasteiger partial charge in [-0.1, -0.05) is 0 Å². The number of aromatic amines is 1. The van der Waals surface area contributed by atoms with E-state index in [0.717, 1.165) is 23.0 Å². The predicted octanol–water partition coefficient (Wildman–Crippen LogP) is 2.09. The second kappa shape index (κ2) is 8.52. The molecule has 1 fully saturated rings. The zero-order chi connectivity index (χ0) is 24.0. The summed E-state index contributed by atoms with van der Waals surface area (Å²) in [7, 11) is -3.54. The third-order valence-corrected chi connectivity index (χ3v) is 8.56. The van der Waals surface area contributed by atoms with Gasteiger partial charge in [-0.2, -0.15) is 4.31 Å². The number of nitrogens with zero attached hydrogens (tertiary/aromatic N) is 3. The summed E-state index contributed by atoms with van der Waals surface area (Å²) in [6.45, 7) is 3.55. The Morgan fingerprint density at radius 1 is 1.00 bits per heavy atom. The summed E-state index contributed by atoms with van der Waals surface area (Å²) >= 11 is 0. The van der Waals surface area contributed by atoms with E-state index in [-0.39, 0.29) is 17.3 Å². The smallest absolute Gasteiger partial charge is 0.308 e. The maximum atomic E-state index is 13.4. The van der Waals surface area contributed by atoms with Gasteiger partial charge < -0.3 is 9.88 Å². The highest BCUT2D eigenvalue weighted by molar-refractivity contribution is 7.89. The van der Waals surface area contributed by atoms with Crippen molar-refractivity contribution in [3.8, 4) is 0 Å². The van der Waals surface area contributed by atoms with E-state index in [1.165, 1.54) is 10.4 Å². The van der Waals surface area contributed by atoms with Crippen LogP contribution in [0.4, 0.5) is 5.69 Å². The van der Waals surface area contributed by atoms with Crippen LogP contribution in [0.1, 0.15) is 42.1 Å². The summed E-state index contributed by atoms with van der Waals surface area (Å²) in [5.41, 5.74) is 1.26. The highest BCUT2D eigenvalue weighted by Gasteiger charge is 2.30. The molecule has 1 N–H and O–H groups in total. The Morgan fingerprint density at radius 3 is 2.50 bits per heavy atom. The molecule has 3 aromatic rings. The van der Waals surface area contributed by atoms with E-state index in [4.69, 9.17) is 0 Å². The Kier molecular flexibility index (Phi) is 5.65. The van der Waals surface area contributed by atoms with E-state index in [2.05, 4.69) is 4.98 Å². The third-order valence-electron chi connectivity index (χ3n) is 6.66. The maximum Gasteiger partial charge on any atom is 0.328 e. The Morgan fingerprint density at radius 2 is 1.76 bits per heavy atom. The fourth-order valence-electron chi connectivity index (χ4n) is 4.85. The number of hydrogen-bond acceptors (Lipinski definition) is 5. The minimum Gasteiger partial charge on any atom is -0.308 e. The number of H-pyrrole nitrogens is 1. The summed E-state index contributed by atoms with van der Waals surface area (Å²) in [5, 5.41) is 0.341. The van der Waals surface area contributed by atoms with Crippen molar-refractivity contribution in [1.82, 2.24) is 13.9 Å². The first-order valence-corrected chi connectivity index (χ1v) is 13.0. The first-order chi connectivity index (χ1) is 16.3. The summed E-state index contributed by atoms with van der Waals surface area (Å²) < 4.78 is 28.6. The maximum absolute atomic E-state index is 13.4. The first kappa shape index (κ1) is 22.5. The molecule has 0 atom stereocenters. The number of amides is 1. The first-order valence-electron chi connectivity index (χ1n) is 11.5. The molecular weight excluding hydrogens is 456 g/mol. The molecule has 10 heteroatoms. The zero-order valence-electron chi connectivity index (χ0n) is 18.9. The minimum atomic E-state index is -3.54. The zero-order valence-corrected chi connectivity index (χ0v) is 19.7. The molecule has 5 rings (SSSR count). The monoisotopic (exact) mass is 482 g/mol. The molecule has 0 aliphatic carbocycles. The van der Waals surface area contributed by atoms with Crippen LogP contribution in [0.2, 0.25) is 0 Å². The molecule has 3 heterocycles. The molecule has 0 bridgehead atoms. The van der Waals surface area contributed by atoms with Crippen LogP contribution >= 0.6 is 0 Å². The van der Waals surface area contributed by atoms with Crippen LogP contribution in [0.15, 0.2) is 50.9 Å². The van der Waals surface area contributed by atoms with Crippen molar-refractivity contribution in [2.45, 2.75) is 44.0 Å². The van der Waals surface area contributed by atoms with Gasteiger partial charge in [0.1, 0.15) is 0 Å². The topological polar surface area (TPSA) is 113 Å². The van der Waals surface area contributed by atoms with Gasteiger partial charge >= 0.3 is 5.69 Å². The number of aryl methyl sites for hydroxylation is 1. The molecule has 1 aromatic heterocycles. The van der Waals surface area contributed by atoms with Crippen molar-refractivity contribution < 1.29 is 13.2 Å². The quantitative estimate of drug-likeness (QED) is 0.612. The second-order valence-electron chi connectivity index (χ2n) is 8.70. The lowest BCUT2D eigenvalue weighted by molar-refractivity contribution is 0.0985. The third kappa shape index (κ3) is 3.67. The lowest BCUT2D eigenvalue weighted by Crippen LogP contribution is -2.36. The predicted molar refractivity (Wildman–Crippen MR) is 129 cm³/mol. The van der Waals surface area contributed by atoms with E-state index in [1.807, 2.05) is 0 Å². The molecule has 1 saturated heterocycles. The van der Waals surface area contributed by atoms with Crippen molar-refractivity contribution in [2.24, 2.45) is 0 Å². The van der Waals surface area contributed by atoms with Gasteiger partial charge in [0.25, 0.3) is 11.5 Å². The highest BCUT2D eigenvalue weighted by Crippen LogP contribution is 2.32. The van der Waals surface area contributed by atoms with Crippen LogP contribution in [0, 0.1) is 0 Å². The number of carbonyl (C=O) groups excluding carboxylic acids is 1. The number of fused-ring (bicyclic) bond motifs is 2. The number of sulfonamides is 1. The summed E-state index contributed by atoms with van der Waals surface area (Å²) in [6.07, 6.45) is 3.13. The summed E-state index contributed by atoms with van der Waals surface area (Å²) in [5.74, 6) is -0.265. The van der Waals surface area contributed by atoms with Crippen molar-refractivity contribution in [3.05, 3.63) is 68.4 Å². The standard InChI is InChI=1S/C24H26N4O5S/c1-2-27-23(30)19-9-7-17(15-20(19)25-24(27)31)22(29)28-13-5-6-16-14-18(8-10-21(16)28)34(32,33)26-11-3-4-12-26/h7-10,14-15H,2-6,11-13H2,1H3,(H,25,31). The normalized spacial score (nSPS) is 16.7. The van der Waals surface area contributed by atoms with Gasteiger partial charge in [-0.15, -0.1) is 0 Å². The molecule has 2 aliphatic heterocycles. The lowest BCUT2D eigenvalue weighted by atomic mass is 10.0. The van der Waals surface area contributed by atoms with Crippen molar-refractivity contribution in [2.75, 3.05) is 24.5 Å². The van der Waals surface area contributed by atoms with Gasteiger partial charge in [0.15, 0.2) is 0 Å². The Hall–Kier alpha value is -3.24. The molecule has 9 nitrogen and oxygen atoms in total. The Balaban J connectivity index is 1.50. The Labute approximate surface area is 196 Å². The Bertz CT molecular complexity index is 1520. The molecule has 0 spiro atoms. The van der Waals surface area contributed by atoms with Crippen molar-refractivity contribution in [1.29, 1.82) is 0 Å². The minimum absolute atomic E-state index is 0.255. The number of benzene rings is 2. The van der Waals surface area contributed by atoms with E-state index in [1.54, 1.807) is 42.2 Å². The second-order valence-corrected chi connectivity index (χ2v) is 10.6. The van der Waals surface area contributed by atoms with Crippen molar-refractivity contribution in [3.63, 3.8) is 0 Å². The van der Waals surface area contributed by atoms with Crippen LogP contribution in [0.25, 0.3) is 10.9 Å². The van der Waals surface area contributed by atoms with Crippen LogP contribution in [-0.4, -0.2) is 47.8 Å². The van der Waals surface area contributed by atoms with Gasteiger partial charge in [-0.25, -0.2) is 13.2 Å². The molecular formula is C24H26N4O5S. The molecule has 0 radical (unpaired) electrons. The average Bonchev–Trinajstić information content (AvgIpc) is 3.39. The number of anilines is 1. The van der Waals surface area contributed by atoms with Gasteiger partial charge in [-0.05, 0) is 74.6 Å². The number of nitrogens with one attached hydrogen (secondary N) is 1. The van der Waals surface area contributed by atoms with Crippen LogP contribution in [0.5, 0.6) is 0 Å².